The summed E-state index contributed by atoms with van der Waals surface area (Å²) in [6.07, 6.45) is 0. The van der Waals surface area contributed by atoms with Crippen LogP contribution in [0.3, 0.4) is 0 Å². The summed E-state index contributed by atoms with van der Waals surface area (Å²) in [6.45, 7) is 7.87. The molecule has 33 heavy (non-hydrogen) atoms. The first kappa shape index (κ1) is 28.1. The second-order valence-electron chi connectivity index (χ2n) is 8.04. The number of hydrogen-bond acceptors (Lipinski definition) is 6. The molecular weight excluding hydrogens is 602 g/mol. The Labute approximate surface area is 220 Å². The van der Waals surface area contributed by atoms with Gasteiger partial charge in [-0.1, -0.05) is 29.3 Å². The highest BCUT2D eigenvalue weighted by atomic mass is 79.9. The fraction of sp³-hybridized carbons (Fsp3) is 0.364. The van der Waals surface area contributed by atoms with Gasteiger partial charge in [0, 0.05) is 0 Å². The molecule has 0 aliphatic carbocycles. The summed E-state index contributed by atoms with van der Waals surface area (Å²) in [4.78, 5) is 22.9. The Morgan fingerprint density at radius 2 is 1.33 bits per heavy atom. The van der Waals surface area contributed by atoms with Crippen LogP contribution >= 0.6 is 55.1 Å². The van der Waals surface area contributed by atoms with Gasteiger partial charge < -0.3 is 18.8 Å². The van der Waals surface area contributed by atoms with Crippen molar-refractivity contribution in [2.24, 2.45) is 0 Å². The third kappa shape index (κ3) is 6.32. The van der Waals surface area contributed by atoms with Gasteiger partial charge in [0.1, 0.15) is 0 Å². The van der Waals surface area contributed by atoms with Crippen LogP contribution in [0.2, 0.25) is 10.0 Å². The van der Waals surface area contributed by atoms with E-state index in [-0.39, 0.29) is 0 Å². The SMILES string of the molecule is COC(=O)c1cc(B2OC(C)(C)C(C)(C)O2)cc(Cl)c1Br.COC(=O)c1cccc(Cl)c1Br. The quantitative estimate of drug-likeness (QED) is 0.305. The molecule has 0 amide bonds. The number of carbonyl (C=O) groups excluding carboxylic acids is 2. The highest BCUT2D eigenvalue weighted by molar-refractivity contribution is 9.11. The molecule has 6 nitrogen and oxygen atoms in total. The van der Waals surface area contributed by atoms with Gasteiger partial charge in [-0.15, -0.1) is 0 Å². The number of methoxy groups -OCH3 is 2. The number of ether oxygens (including phenoxy) is 2. The molecule has 1 aliphatic rings. The minimum absolute atomic E-state index is 0.342. The zero-order chi connectivity index (χ0) is 25.1. The molecule has 0 N–H and O–H groups in total. The molecule has 1 fully saturated rings. The van der Waals surface area contributed by atoms with Gasteiger partial charge in [0.25, 0.3) is 0 Å². The third-order valence-electron chi connectivity index (χ3n) is 5.34. The Morgan fingerprint density at radius 3 is 1.85 bits per heavy atom. The molecule has 0 bridgehead atoms. The molecule has 0 unspecified atom stereocenters. The Bertz CT molecular complexity index is 1050. The molecule has 1 heterocycles. The summed E-state index contributed by atoms with van der Waals surface area (Å²) in [5, 5.41) is 0.903. The average Bonchev–Trinajstić information content (AvgIpc) is 2.98. The molecule has 2 aromatic rings. The predicted octanol–water partition coefficient (Wildman–Crippen LogP) is 6.08. The van der Waals surface area contributed by atoms with Crippen molar-refractivity contribution in [1.82, 2.24) is 0 Å². The number of rotatable bonds is 3. The summed E-state index contributed by atoms with van der Waals surface area (Å²) in [5.41, 5.74) is 0.549. The molecule has 0 saturated carbocycles. The number of benzene rings is 2. The lowest BCUT2D eigenvalue weighted by molar-refractivity contribution is 0.00578. The van der Waals surface area contributed by atoms with Gasteiger partial charge in [-0.3, -0.25) is 0 Å². The number of esters is 2. The van der Waals surface area contributed by atoms with Crippen molar-refractivity contribution >= 4 is 79.6 Å². The van der Waals surface area contributed by atoms with Crippen molar-refractivity contribution < 1.29 is 28.4 Å². The fourth-order valence-electron chi connectivity index (χ4n) is 2.76. The van der Waals surface area contributed by atoms with E-state index in [0.717, 1.165) is 0 Å². The van der Waals surface area contributed by atoms with Crippen molar-refractivity contribution in [2.75, 3.05) is 14.2 Å². The molecule has 0 aromatic heterocycles. The Kier molecular flexibility index (Phi) is 9.46. The van der Waals surface area contributed by atoms with Gasteiger partial charge in [-0.25, -0.2) is 9.59 Å². The molecule has 11 heteroatoms. The summed E-state index contributed by atoms with van der Waals surface area (Å²) in [7, 11) is 2.07. The maximum absolute atomic E-state index is 11.8. The third-order valence-corrected chi connectivity index (χ3v) is 8.12. The average molecular weight is 625 g/mol. The summed E-state index contributed by atoms with van der Waals surface area (Å²) >= 11 is 18.4. The first-order chi connectivity index (χ1) is 15.3. The maximum Gasteiger partial charge on any atom is 0.494 e. The van der Waals surface area contributed by atoms with Gasteiger partial charge in [-0.05, 0) is 89.3 Å². The highest BCUT2D eigenvalue weighted by Crippen LogP contribution is 2.37. The Balaban J connectivity index is 0.000000273. The van der Waals surface area contributed by atoms with Crippen LogP contribution in [0.15, 0.2) is 39.3 Å². The molecule has 0 spiro atoms. The van der Waals surface area contributed by atoms with E-state index in [1.807, 2.05) is 27.7 Å². The van der Waals surface area contributed by atoms with Crippen LogP contribution in [0.5, 0.6) is 0 Å². The maximum atomic E-state index is 11.8. The van der Waals surface area contributed by atoms with Crippen LogP contribution in [-0.2, 0) is 18.8 Å². The van der Waals surface area contributed by atoms with Crippen molar-refractivity contribution in [3.8, 4) is 0 Å². The molecule has 0 radical (unpaired) electrons. The lowest BCUT2D eigenvalue weighted by atomic mass is 9.78. The monoisotopic (exact) mass is 622 g/mol. The van der Waals surface area contributed by atoms with E-state index in [9.17, 15) is 9.59 Å². The number of hydrogen-bond donors (Lipinski definition) is 0. The number of carbonyl (C=O) groups is 2. The lowest BCUT2D eigenvalue weighted by Crippen LogP contribution is -2.41. The van der Waals surface area contributed by atoms with E-state index in [1.165, 1.54) is 14.2 Å². The lowest BCUT2D eigenvalue weighted by Gasteiger charge is -2.32. The smallest absolute Gasteiger partial charge is 0.465 e. The van der Waals surface area contributed by atoms with Crippen LogP contribution in [0.1, 0.15) is 48.4 Å². The van der Waals surface area contributed by atoms with E-state index >= 15 is 0 Å². The predicted molar refractivity (Wildman–Crippen MR) is 137 cm³/mol. The van der Waals surface area contributed by atoms with E-state index in [1.54, 1.807) is 30.3 Å². The van der Waals surface area contributed by atoms with Gasteiger partial charge in [0.05, 0.1) is 55.5 Å². The van der Waals surface area contributed by atoms with Crippen molar-refractivity contribution in [1.29, 1.82) is 0 Å². The first-order valence-electron chi connectivity index (χ1n) is 9.71. The molecule has 3 rings (SSSR count). The van der Waals surface area contributed by atoms with Gasteiger partial charge >= 0.3 is 19.1 Å². The standard InChI is InChI=1S/C14H17BBrClO4.C8H6BrClO2/c1-13(2)14(3,4)21-15(20-13)8-6-9(12(18)19-5)11(16)10(17)7-8;1-12-8(11)5-3-2-4-6(10)7(5)9/h6-7H,1-5H3;2-4H,1H3. The van der Waals surface area contributed by atoms with Gasteiger partial charge in [0.2, 0.25) is 0 Å². The van der Waals surface area contributed by atoms with E-state index in [4.69, 9.17) is 37.2 Å². The number of halogens is 4. The van der Waals surface area contributed by atoms with E-state index < -0.39 is 30.3 Å². The molecule has 1 saturated heterocycles. The molecule has 0 atom stereocenters. The highest BCUT2D eigenvalue weighted by Gasteiger charge is 2.52. The molecular formula is C22H23BBr2Cl2O6. The fourth-order valence-corrected chi connectivity index (χ4v) is 3.97. The van der Waals surface area contributed by atoms with E-state index in [2.05, 4.69) is 36.6 Å². The minimum atomic E-state index is -0.580. The van der Waals surface area contributed by atoms with Gasteiger partial charge in [-0.2, -0.15) is 0 Å². The van der Waals surface area contributed by atoms with Crippen LogP contribution in [0.25, 0.3) is 0 Å². The van der Waals surface area contributed by atoms with Crippen molar-refractivity contribution in [2.45, 2.75) is 38.9 Å². The molecule has 178 valence electrons. The first-order valence-corrected chi connectivity index (χ1v) is 12.0. The molecule has 1 aliphatic heterocycles. The largest absolute Gasteiger partial charge is 0.494 e. The van der Waals surface area contributed by atoms with Crippen LogP contribution in [-0.4, -0.2) is 44.5 Å². The van der Waals surface area contributed by atoms with Crippen molar-refractivity contribution in [3.63, 3.8) is 0 Å². The minimum Gasteiger partial charge on any atom is -0.465 e. The second kappa shape index (κ2) is 11.1. The van der Waals surface area contributed by atoms with Gasteiger partial charge in [0.15, 0.2) is 0 Å². The summed E-state index contributed by atoms with van der Waals surface area (Å²) in [6, 6.07) is 8.42. The van der Waals surface area contributed by atoms with Crippen LogP contribution in [0, 0.1) is 0 Å². The summed E-state index contributed by atoms with van der Waals surface area (Å²) < 4.78 is 22.3. The van der Waals surface area contributed by atoms with Crippen LogP contribution in [0.4, 0.5) is 0 Å². The Hall–Kier alpha value is -1.10. The second-order valence-corrected chi connectivity index (χ2v) is 10.4. The van der Waals surface area contributed by atoms with E-state index in [0.29, 0.717) is 35.6 Å². The van der Waals surface area contributed by atoms with Crippen molar-refractivity contribution in [3.05, 3.63) is 60.4 Å². The zero-order valence-corrected chi connectivity index (χ0v) is 23.6. The molecule has 2 aromatic carbocycles. The topological polar surface area (TPSA) is 71.1 Å². The Morgan fingerprint density at radius 1 is 0.848 bits per heavy atom. The summed E-state index contributed by atoms with van der Waals surface area (Å²) in [5.74, 6) is -0.869. The van der Waals surface area contributed by atoms with Crippen LogP contribution < -0.4 is 5.46 Å². The zero-order valence-electron chi connectivity index (χ0n) is 18.9. The normalized spacial score (nSPS) is 16.0.